The van der Waals surface area contributed by atoms with Crippen LogP contribution in [0.15, 0.2) is 58.8 Å². The molecule has 0 saturated carbocycles. The van der Waals surface area contributed by atoms with E-state index in [9.17, 15) is 9.18 Å². The molecule has 0 aliphatic carbocycles. The first-order valence-electron chi connectivity index (χ1n) is 10.8. The molecule has 1 aromatic heterocycles. The van der Waals surface area contributed by atoms with Crippen molar-refractivity contribution in [2.75, 3.05) is 13.2 Å². The van der Waals surface area contributed by atoms with Gasteiger partial charge in [0.25, 0.3) is 5.89 Å². The second-order valence-electron chi connectivity index (χ2n) is 8.11. The van der Waals surface area contributed by atoms with Crippen LogP contribution in [0.2, 0.25) is 5.02 Å². The molecule has 0 radical (unpaired) electrons. The van der Waals surface area contributed by atoms with Crippen LogP contribution in [0.5, 0.6) is 0 Å². The van der Waals surface area contributed by atoms with Gasteiger partial charge in [-0.3, -0.25) is 4.90 Å². The predicted molar refractivity (Wildman–Crippen MR) is 121 cm³/mol. The first-order valence-corrected chi connectivity index (χ1v) is 11.1. The molecule has 2 atom stereocenters. The Morgan fingerprint density at radius 2 is 2.06 bits per heavy atom. The number of aromatic nitrogens is 2. The molecule has 3 aromatic rings. The van der Waals surface area contributed by atoms with E-state index in [1.165, 1.54) is 12.1 Å². The summed E-state index contributed by atoms with van der Waals surface area (Å²) in [6.07, 6.45) is 1.84. The summed E-state index contributed by atoms with van der Waals surface area (Å²) in [7, 11) is 0. The highest BCUT2D eigenvalue weighted by Crippen LogP contribution is 2.38. The maximum atomic E-state index is 13.6. The Kier molecular flexibility index (Phi) is 5.86. The molecule has 170 valence electrons. The van der Waals surface area contributed by atoms with Gasteiger partial charge in [-0.2, -0.15) is 4.98 Å². The fraction of sp³-hybridized carbons (Fsp3) is 0.292. The monoisotopic (exact) mass is 468 g/mol. The number of allylic oxidation sites excluding steroid dienone is 1. The smallest absolute Gasteiger partial charge is 0.322 e. The first kappa shape index (κ1) is 21.6. The van der Waals surface area contributed by atoms with Crippen LogP contribution >= 0.6 is 11.6 Å². The second kappa shape index (κ2) is 8.96. The average Bonchev–Trinajstić information content (AvgIpc) is 3.49. The van der Waals surface area contributed by atoms with E-state index in [0.717, 1.165) is 12.8 Å². The van der Waals surface area contributed by atoms with Crippen LogP contribution in [0.4, 0.5) is 9.18 Å². The van der Waals surface area contributed by atoms with Crippen LogP contribution in [-0.4, -0.2) is 40.3 Å². The van der Waals surface area contributed by atoms with Crippen molar-refractivity contribution in [2.24, 2.45) is 0 Å². The lowest BCUT2D eigenvalue weighted by Crippen LogP contribution is -2.48. The molecule has 1 saturated heterocycles. The maximum absolute atomic E-state index is 13.6. The Labute approximate surface area is 195 Å². The summed E-state index contributed by atoms with van der Waals surface area (Å²) in [5.74, 6) is 0.298. The van der Waals surface area contributed by atoms with Crippen molar-refractivity contribution in [3.8, 4) is 11.4 Å². The predicted octanol–water partition coefficient (Wildman–Crippen LogP) is 5.21. The van der Waals surface area contributed by atoms with Crippen molar-refractivity contribution in [3.63, 3.8) is 0 Å². The lowest BCUT2D eigenvalue weighted by molar-refractivity contribution is 0.0877. The van der Waals surface area contributed by atoms with Gasteiger partial charge in [0.1, 0.15) is 5.82 Å². The number of halogens is 2. The molecular weight excluding hydrogens is 447 g/mol. The lowest BCUT2D eigenvalue weighted by Gasteiger charge is -2.36. The summed E-state index contributed by atoms with van der Waals surface area (Å²) in [6.45, 7) is 2.97. The summed E-state index contributed by atoms with van der Waals surface area (Å²) < 4.78 is 25.0. The summed E-state index contributed by atoms with van der Waals surface area (Å²) in [4.78, 5) is 19.3. The summed E-state index contributed by atoms with van der Waals surface area (Å²) in [5, 5.41) is 7.71. The number of urea groups is 1. The molecule has 1 fully saturated rings. The van der Waals surface area contributed by atoms with Crippen LogP contribution in [0, 0.1) is 5.82 Å². The van der Waals surface area contributed by atoms with Crippen molar-refractivity contribution in [3.05, 3.63) is 76.5 Å². The van der Waals surface area contributed by atoms with Gasteiger partial charge in [0.15, 0.2) is 0 Å². The van der Waals surface area contributed by atoms with E-state index in [0.29, 0.717) is 46.4 Å². The van der Waals surface area contributed by atoms with E-state index < -0.39 is 6.04 Å². The molecule has 7 nitrogen and oxygen atoms in total. The van der Waals surface area contributed by atoms with Crippen molar-refractivity contribution in [2.45, 2.75) is 31.9 Å². The molecule has 2 aromatic carbocycles. The van der Waals surface area contributed by atoms with Gasteiger partial charge in [-0.25, -0.2) is 9.18 Å². The molecule has 1 N–H and O–H groups in total. The Balaban J connectivity index is 1.57. The van der Waals surface area contributed by atoms with Crippen LogP contribution < -0.4 is 5.32 Å². The van der Waals surface area contributed by atoms with Gasteiger partial charge in [0.05, 0.1) is 24.3 Å². The highest BCUT2D eigenvalue weighted by Gasteiger charge is 2.37. The van der Waals surface area contributed by atoms with E-state index in [-0.39, 0.29) is 23.8 Å². The van der Waals surface area contributed by atoms with E-state index >= 15 is 0 Å². The molecule has 33 heavy (non-hydrogen) atoms. The van der Waals surface area contributed by atoms with E-state index in [4.69, 9.17) is 20.9 Å². The van der Waals surface area contributed by atoms with Crippen molar-refractivity contribution in [1.29, 1.82) is 0 Å². The number of nitrogens with zero attached hydrogens (tertiary/aromatic N) is 3. The van der Waals surface area contributed by atoms with Crippen LogP contribution in [0.1, 0.15) is 37.3 Å². The zero-order valence-electron chi connectivity index (χ0n) is 17.9. The molecule has 0 spiro atoms. The quantitative estimate of drug-likeness (QED) is 0.556. The average molecular weight is 469 g/mol. The summed E-state index contributed by atoms with van der Waals surface area (Å²) >= 11 is 6.11. The number of rotatable bonds is 5. The van der Waals surface area contributed by atoms with Crippen LogP contribution in [-0.2, 0) is 4.74 Å². The fourth-order valence-electron chi connectivity index (χ4n) is 4.25. The molecular formula is C24H22ClFN4O3. The Morgan fingerprint density at radius 1 is 1.24 bits per heavy atom. The van der Waals surface area contributed by atoms with E-state index in [1.54, 1.807) is 29.2 Å². The standard InChI is InChI=1S/C24H22ClFN4O3/c1-14-20(23-28-22(29-33-23)16-4-2-5-17(25)12-16)21(15-7-9-18(26)10-8-15)27-24(31)30(14)13-19-6-3-11-32-19/h2,4-5,7-10,12,19,21H,3,6,11,13H2,1H3,(H,27,31). The minimum Gasteiger partial charge on any atom is -0.376 e. The third-order valence-electron chi connectivity index (χ3n) is 5.95. The van der Waals surface area contributed by atoms with Crippen molar-refractivity contribution < 1.29 is 18.4 Å². The van der Waals surface area contributed by atoms with Crippen molar-refractivity contribution >= 4 is 23.2 Å². The number of hydrogen-bond donors (Lipinski definition) is 1. The normalized spacial score (nSPS) is 20.9. The van der Waals surface area contributed by atoms with Gasteiger partial charge in [0, 0.05) is 22.9 Å². The minimum absolute atomic E-state index is 0.0287. The molecule has 0 bridgehead atoms. The number of carbonyl (C=O) groups is 1. The number of benzene rings is 2. The molecule has 2 unspecified atom stereocenters. The zero-order chi connectivity index (χ0) is 22.9. The van der Waals surface area contributed by atoms with Crippen LogP contribution in [0.3, 0.4) is 0 Å². The second-order valence-corrected chi connectivity index (χ2v) is 8.55. The number of nitrogens with one attached hydrogen (secondary N) is 1. The van der Waals surface area contributed by atoms with Gasteiger partial charge >= 0.3 is 6.03 Å². The zero-order valence-corrected chi connectivity index (χ0v) is 18.7. The lowest BCUT2D eigenvalue weighted by atomic mass is 9.94. The van der Waals surface area contributed by atoms with Gasteiger partial charge in [-0.1, -0.05) is 41.0 Å². The van der Waals surface area contributed by atoms with E-state index in [1.807, 2.05) is 19.1 Å². The summed E-state index contributed by atoms with van der Waals surface area (Å²) in [6, 6.07) is 12.3. The Hall–Kier alpha value is -3.23. The topological polar surface area (TPSA) is 80.5 Å². The van der Waals surface area contributed by atoms with Gasteiger partial charge < -0.3 is 14.6 Å². The molecule has 2 aliphatic heterocycles. The van der Waals surface area contributed by atoms with Gasteiger partial charge in [-0.15, -0.1) is 0 Å². The SMILES string of the molecule is CC1=C(c2nc(-c3cccc(Cl)c3)no2)C(c2ccc(F)cc2)NC(=O)N1CC1CCCO1. The Morgan fingerprint density at radius 3 is 2.79 bits per heavy atom. The molecule has 5 rings (SSSR count). The summed E-state index contributed by atoms with van der Waals surface area (Å²) in [5.41, 5.74) is 2.76. The first-order chi connectivity index (χ1) is 16.0. The number of carbonyl (C=O) groups excluding carboxylic acids is 1. The van der Waals surface area contributed by atoms with Crippen molar-refractivity contribution in [1.82, 2.24) is 20.4 Å². The third kappa shape index (κ3) is 4.36. The van der Waals surface area contributed by atoms with Gasteiger partial charge in [-0.05, 0) is 49.6 Å². The maximum Gasteiger partial charge on any atom is 0.322 e. The number of amides is 2. The highest BCUT2D eigenvalue weighted by molar-refractivity contribution is 6.30. The molecule has 3 heterocycles. The fourth-order valence-corrected chi connectivity index (χ4v) is 4.44. The molecule has 2 amide bonds. The number of hydrogen-bond acceptors (Lipinski definition) is 5. The number of ether oxygens (including phenoxy) is 1. The molecule has 9 heteroatoms. The largest absolute Gasteiger partial charge is 0.376 e. The van der Waals surface area contributed by atoms with E-state index in [2.05, 4.69) is 15.5 Å². The van der Waals surface area contributed by atoms with Gasteiger partial charge in [0.2, 0.25) is 5.82 Å². The Bertz CT molecular complexity index is 1200. The molecule has 2 aliphatic rings. The van der Waals surface area contributed by atoms with Crippen LogP contribution in [0.25, 0.3) is 17.0 Å². The highest BCUT2D eigenvalue weighted by atomic mass is 35.5. The minimum atomic E-state index is -0.577. The third-order valence-corrected chi connectivity index (χ3v) is 6.18.